The van der Waals surface area contributed by atoms with Gasteiger partial charge in [0.15, 0.2) is 0 Å². The topological polar surface area (TPSA) is 23.6 Å². The number of nitrogens with zero attached hydrogens (tertiary/aromatic N) is 2. The van der Waals surface area contributed by atoms with Crippen LogP contribution >= 0.6 is 0 Å². The molecule has 0 aliphatic carbocycles. The summed E-state index contributed by atoms with van der Waals surface area (Å²) in [5.74, 6) is -0.0315. The van der Waals surface area contributed by atoms with Gasteiger partial charge in [0, 0.05) is 31.2 Å². The van der Waals surface area contributed by atoms with Crippen LogP contribution in [0, 0.1) is 5.82 Å². The van der Waals surface area contributed by atoms with Gasteiger partial charge in [0.05, 0.1) is 0 Å². The Morgan fingerprint density at radius 3 is 2.31 bits per heavy atom. The van der Waals surface area contributed by atoms with E-state index in [-0.39, 0.29) is 11.7 Å². The molecule has 0 spiro atoms. The summed E-state index contributed by atoms with van der Waals surface area (Å²) in [7, 11) is 0. The first-order valence-corrected chi connectivity index (χ1v) is 9.58. The van der Waals surface area contributed by atoms with Crippen LogP contribution in [0.15, 0.2) is 48.5 Å². The molecule has 0 radical (unpaired) electrons. The summed E-state index contributed by atoms with van der Waals surface area (Å²) >= 11 is 0. The number of halogens is 1. The molecule has 2 aliphatic rings. The van der Waals surface area contributed by atoms with E-state index in [1.54, 1.807) is 12.1 Å². The van der Waals surface area contributed by atoms with E-state index in [0.29, 0.717) is 6.04 Å². The van der Waals surface area contributed by atoms with Gasteiger partial charge in [-0.3, -0.25) is 9.69 Å². The van der Waals surface area contributed by atoms with Gasteiger partial charge in [0.25, 0.3) is 5.91 Å². The summed E-state index contributed by atoms with van der Waals surface area (Å²) in [6.45, 7) is 3.68. The fourth-order valence-electron chi connectivity index (χ4n) is 4.17. The van der Waals surface area contributed by atoms with Gasteiger partial charge in [-0.1, -0.05) is 24.3 Å². The van der Waals surface area contributed by atoms with E-state index in [4.69, 9.17) is 0 Å². The van der Waals surface area contributed by atoms with E-state index in [1.165, 1.54) is 11.1 Å². The average Bonchev–Trinajstić information content (AvgIpc) is 3.35. The predicted molar refractivity (Wildman–Crippen MR) is 100 cm³/mol. The molecule has 2 fully saturated rings. The molecule has 4 rings (SSSR count). The molecule has 0 saturated carbocycles. The Kier molecular flexibility index (Phi) is 5.02. The smallest absolute Gasteiger partial charge is 0.253 e. The second-order valence-electron chi connectivity index (χ2n) is 7.38. The largest absolute Gasteiger partial charge is 0.339 e. The maximum Gasteiger partial charge on any atom is 0.253 e. The van der Waals surface area contributed by atoms with E-state index in [9.17, 15) is 9.18 Å². The molecule has 2 aromatic rings. The first kappa shape index (κ1) is 17.2. The minimum absolute atomic E-state index is 0.152. The number of likely N-dealkylation sites (tertiary alicyclic amines) is 2. The Labute approximate surface area is 154 Å². The summed E-state index contributed by atoms with van der Waals surface area (Å²) in [6, 6.07) is 15.3. The lowest BCUT2D eigenvalue weighted by Gasteiger charge is -2.25. The Hall–Kier alpha value is -2.20. The molecule has 4 heteroatoms. The summed E-state index contributed by atoms with van der Waals surface area (Å²) in [4.78, 5) is 16.8. The molecule has 2 aliphatic heterocycles. The zero-order valence-electron chi connectivity index (χ0n) is 15.0. The van der Waals surface area contributed by atoms with Crippen LogP contribution < -0.4 is 0 Å². The third kappa shape index (κ3) is 3.65. The molecule has 2 heterocycles. The van der Waals surface area contributed by atoms with Crippen LogP contribution in [0.4, 0.5) is 4.39 Å². The number of hydrogen-bond acceptors (Lipinski definition) is 2. The highest BCUT2D eigenvalue weighted by Crippen LogP contribution is 2.33. The molecule has 1 atom stereocenters. The van der Waals surface area contributed by atoms with E-state index in [0.717, 1.165) is 57.4 Å². The van der Waals surface area contributed by atoms with Gasteiger partial charge in [-0.25, -0.2) is 4.39 Å². The molecular formula is C22H25FN2O. The van der Waals surface area contributed by atoms with Crippen molar-refractivity contribution in [2.75, 3.05) is 19.6 Å². The van der Waals surface area contributed by atoms with Crippen molar-refractivity contribution < 1.29 is 9.18 Å². The van der Waals surface area contributed by atoms with Crippen molar-refractivity contribution in [3.8, 4) is 0 Å². The Balaban J connectivity index is 1.43. The van der Waals surface area contributed by atoms with Crippen molar-refractivity contribution >= 4 is 5.91 Å². The van der Waals surface area contributed by atoms with Crippen LogP contribution in [0.25, 0.3) is 0 Å². The molecule has 26 heavy (non-hydrogen) atoms. The van der Waals surface area contributed by atoms with Crippen molar-refractivity contribution in [3.63, 3.8) is 0 Å². The van der Waals surface area contributed by atoms with Crippen LogP contribution in [0.5, 0.6) is 0 Å². The normalized spacial score (nSPS) is 20.7. The summed E-state index contributed by atoms with van der Waals surface area (Å²) in [5.41, 5.74) is 3.19. The van der Waals surface area contributed by atoms with Gasteiger partial charge in [-0.05, 0) is 67.6 Å². The maximum atomic E-state index is 13.2. The average molecular weight is 352 g/mol. The van der Waals surface area contributed by atoms with Crippen LogP contribution in [0.2, 0.25) is 0 Å². The molecule has 0 N–H and O–H groups in total. The summed E-state index contributed by atoms with van der Waals surface area (Å²) in [6.07, 6.45) is 4.50. The molecule has 136 valence electrons. The van der Waals surface area contributed by atoms with Gasteiger partial charge in [-0.15, -0.1) is 0 Å². The lowest BCUT2D eigenvalue weighted by molar-refractivity contribution is 0.0793. The lowest BCUT2D eigenvalue weighted by atomic mass is 10.0. The van der Waals surface area contributed by atoms with E-state index < -0.39 is 0 Å². The Bertz CT molecular complexity index is 751. The van der Waals surface area contributed by atoms with Crippen LogP contribution in [0.1, 0.15) is 53.2 Å². The van der Waals surface area contributed by atoms with E-state index in [2.05, 4.69) is 17.0 Å². The van der Waals surface area contributed by atoms with Crippen molar-refractivity contribution in [3.05, 3.63) is 71.0 Å². The molecule has 0 bridgehead atoms. The highest BCUT2D eigenvalue weighted by Gasteiger charge is 2.26. The van der Waals surface area contributed by atoms with Crippen molar-refractivity contribution in [1.82, 2.24) is 9.80 Å². The lowest BCUT2D eigenvalue weighted by Crippen LogP contribution is -2.27. The third-order valence-corrected chi connectivity index (χ3v) is 5.60. The van der Waals surface area contributed by atoms with E-state index in [1.807, 2.05) is 29.2 Å². The molecule has 1 amide bonds. The second kappa shape index (κ2) is 7.58. The van der Waals surface area contributed by atoms with Gasteiger partial charge >= 0.3 is 0 Å². The fraction of sp³-hybridized carbons (Fsp3) is 0.409. The first-order valence-electron chi connectivity index (χ1n) is 9.58. The fourth-order valence-corrected chi connectivity index (χ4v) is 4.17. The molecule has 2 saturated heterocycles. The van der Waals surface area contributed by atoms with Crippen LogP contribution in [0.3, 0.4) is 0 Å². The zero-order chi connectivity index (χ0) is 17.9. The van der Waals surface area contributed by atoms with Crippen molar-refractivity contribution in [1.29, 1.82) is 0 Å². The number of benzene rings is 2. The number of carbonyl (C=O) groups excluding carboxylic acids is 1. The van der Waals surface area contributed by atoms with Gasteiger partial charge < -0.3 is 4.90 Å². The molecule has 2 aromatic carbocycles. The molecule has 3 nitrogen and oxygen atoms in total. The van der Waals surface area contributed by atoms with Gasteiger partial charge in [-0.2, -0.15) is 0 Å². The monoisotopic (exact) mass is 352 g/mol. The van der Waals surface area contributed by atoms with Crippen LogP contribution in [-0.4, -0.2) is 35.3 Å². The predicted octanol–water partition coefficient (Wildman–Crippen LogP) is 4.40. The number of amides is 1. The SMILES string of the molecule is O=C(c1ccc(CN2CCC[C@@H]2c2ccc(F)cc2)cc1)N1CCCC1. The highest BCUT2D eigenvalue weighted by molar-refractivity contribution is 5.94. The first-order chi connectivity index (χ1) is 12.7. The second-order valence-corrected chi connectivity index (χ2v) is 7.38. The van der Waals surface area contributed by atoms with Gasteiger partial charge in [0.2, 0.25) is 0 Å². The third-order valence-electron chi connectivity index (χ3n) is 5.60. The number of carbonyl (C=O) groups is 1. The number of rotatable bonds is 4. The summed E-state index contributed by atoms with van der Waals surface area (Å²) < 4.78 is 13.2. The standard InChI is InChI=1S/C22H25FN2O/c23-20-11-9-18(10-12-20)21-4-3-15-25(21)16-17-5-7-19(8-6-17)22(26)24-13-1-2-14-24/h5-12,21H,1-4,13-16H2/t21-/m1/s1. The maximum absolute atomic E-state index is 13.2. The number of hydrogen-bond donors (Lipinski definition) is 0. The molecule has 0 aromatic heterocycles. The van der Waals surface area contributed by atoms with E-state index >= 15 is 0 Å². The quantitative estimate of drug-likeness (QED) is 0.814. The van der Waals surface area contributed by atoms with Crippen molar-refractivity contribution in [2.24, 2.45) is 0 Å². The molecular weight excluding hydrogens is 327 g/mol. The van der Waals surface area contributed by atoms with Gasteiger partial charge in [0.1, 0.15) is 5.82 Å². The Morgan fingerprint density at radius 2 is 1.62 bits per heavy atom. The zero-order valence-corrected chi connectivity index (χ0v) is 15.0. The minimum Gasteiger partial charge on any atom is -0.339 e. The minimum atomic E-state index is -0.184. The van der Waals surface area contributed by atoms with Crippen molar-refractivity contribution in [2.45, 2.75) is 38.3 Å². The summed E-state index contributed by atoms with van der Waals surface area (Å²) in [5, 5.41) is 0. The molecule has 0 unspecified atom stereocenters. The Morgan fingerprint density at radius 1 is 0.923 bits per heavy atom. The highest BCUT2D eigenvalue weighted by atomic mass is 19.1. The van der Waals surface area contributed by atoms with Crippen LogP contribution in [-0.2, 0) is 6.54 Å².